The lowest BCUT2D eigenvalue weighted by atomic mass is 10.0. The molecule has 0 saturated carbocycles. The zero-order valence-corrected chi connectivity index (χ0v) is 9.13. The van der Waals surface area contributed by atoms with Crippen molar-refractivity contribution >= 4 is 5.78 Å². The van der Waals surface area contributed by atoms with Crippen LogP contribution in [0.3, 0.4) is 0 Å². The summed E-state index contributed by atoms with van der Waals surface area (Å²) in [6, 6.07) is 2.17. The lowest BCUT2D eigenvalue weighted by molar-refractivity contribution is 0.0954. The maximum Gasteiger partial charge on any atom is 0.180 e. The standard InChI is InChI=1S/C12H14N2O/c1-3-10-8(2)9(7-13)12-11(15)5-4-6-14(10)12/h3-6H2,1-2H3. The van der Waals surface area contributed by atoms with Crippen LogP contribution >= 0.6 is 0 Å². The van der Waals surface area contributed by atoms with Gasteiger partial charge in [-0.15, -0.1) is 0 Å². The fraction of sp³-hybridized carbons (Fsp3) is 0.500. The summed E-state index contributed by atoms with van der Waals surface area (Å²) < 4.78 is 2.04. The van der Waals surface area contributed by atoms with Gasteiger partial charge in [-0.25, -0.2) is 0 Å². The van der Waals surface area contributed by atoms with E-state index < -0.39 is 0 Å². The molecule has 3 nitrogen and oxygen atoms in total. The molecule has 1 aromatic rings. The Morgan fingerprint density at radius 3 is 2.87 bits per heavy atom. The Kier molecular flexibility index (Phi) is 2.36. The number of hydrogen-bond acceptors (Lipinski definition) is 2. The minimum absolute atomic E-state index is 0.126. The number of aromatic nitrogens is 1. The molecule has 0 saturated heterocycles. The minimum Gasteiger partial charge on any atom is -0.341 e. The summed E-state index contributed by atoms with van der Waals surface area (Å²) in [6.45, 7) is 4.89. The Morgan fingerprint density at radius 1 is 1.53 bits per heavy atom. The Labute approximate surface area is 89.3 Å². The van der Waals surface area contributed by atoms with Crippen LogP contribution in [-0.2, 0) is 13.0 Å². The van der Waals surface area contributed by atoms with Gasteiger partial charge in [-0.2, -0.15) is 5.26 Å². The van der Waals surface area contributed by atoms with Crippen LogP contribution in [0.25, 0.3) is 0 Å². The number of nitriles is 1. The number of nitrogens with zero attached hydrogens (tertiary/aromatic N) is 2. The van der Waals surface area contributed by atoms with Crippen LogP contribution in [0.4, 0.5) is 0 Å². The van der Waals surface area contributed by atoms with E-state index in [4.69, 9.17) is 5.26 Å². The Hall–Kier alpha value is -1.56. The molecule has 1 aliphatic heterocycles. The highest BCUT2D eigenvalue weighted by molar-refractivity contribution is 5.98. The van der Waals surface area contributed by atoms with Crippen molar-refractivity contribution < 1.29 is 4.79 Å². The predicted molar refractivity (Wildman–Crippen MR) is 56.8 cm³/mol. The molecule has 0 aliphatic carbocycles. The largest absolute Gasteiger partial charge is 0.341 e. The quantitative estimate of drug-likeness (QED) is 0.700. The summed E-state index contributed by atoms with van der Waals surface area (Å²) in [4.78, 5) is 11.8. The van der Waals surface area contributed by atoms with Crippen molar-refractivity contribution in [3.8, 4) is 6.07 Å². The van der Waals surface area contributed by atoms with Crippen molar-refractivity contribution in [1.82, 2.24) is 4.57 Å². The summed E-state index contributed by atoms with van der Waals surface area (Å²) in [5.74, 6) is 0.126. The molecule has 0 N–H and O–H groups in total. The molecule has 2 heterocycles. The highest BCUT2D eigenvalue weighted by atomic mass is 16.1. The van der Waals surface area contributed by atoms with Gasteiger partial charge in [0.05, 0.1) is 5.56 Å². The van der Waals surface area contributed by atoms with E-state index in [0.29, 0.717) is 17.7 Å². The van der Waals surface area contributed by atoms with E-state index >= 15 is 0 Å². The van der Waals surface area contributed by atoms with Crippen molar-refractivity contribution in [3.63, 3.8) is 0 Å². The lowest BCUT2D eigenvalue weighted by Crippen LogP contribution is -2.18. The first-order valence-corrected chi connectivity index (χ1v) is 5.36. The van der Waals surface area contributed by atoms with Crippen molar-refractivity contribution in [1.29, 1.82) is 5.26 Å². The molecule has 3 heteroatoms. The molecule has 0 unspecified atom stereocenters. The zero-order chi connectivity index (χ0) is 11.0. The third-order valence-electron chi connectivity index (χ3n) is 3.14. The molecule has 78 valence electrons. The van der Waals surface area contributed by atoms with E-state index in [9.17, 15) is 4.79 Å². The fourth-order valence-corrected chi connectivity index (χ4v) is 2.44. The summed E-state index contributed by atoms with van der Waals surface area (Å²) in [6.07, 6.45) is 2.37. The summed E-state index contributed by atoms with van der Waals surface area (Å²) >= 11 is 0. The van der Waals surface area contributed by atoms with Crippen molar-refractivity contribution in [3.05, 3.63) is 22.5 Å². The van der Waals surface area contributed by atoms with Gasteiger partial charge in [-0.1, -0.05) is 6.92 Å². The summed E-state index contributed by atoms with van der Waals surface area (Å²) in [7, 11) is 0. The van der Waals surface area contributed by atoms with Gasteiger partial charge in [-0.05, 0) is 25.3 Å². The van der Waals surface area contributed by atoms with Gasteiger partial charge < -0.3 is 4.57 Å². The first kappa shape index (κ1) is 9.97. The Bertz CT molecular complexity index is 463. The van der Waals surface area contributed by atoms with Crippen molar-refractivity contribution in [2.75, 3.05) is 0 Å². The van der Waals surface area contributed by atoms with E-state index in [2.05, 4.69) is 13.0 Å². The van der Waals surface area contributed by atoms with Crippen molar-refractivity contribution in [2.45, 2.75) is 39.7 Å². The van der Waals surface area contributed by atoms with Gasteiger partial charge in [0.2, 0.25) is 0 Å². The molecule has 2 rings (SSSR count). The van der Waals surface area contributed by atoms with Gasteiger partial charge in [0.1, 0.15) is 11.8 Å². The third kappa shape index (κ3) is 1.29. The molecule has 0 fully saturated rings. The van der Waals surface area contributed by atoms with E-state index in [-0.39, 0.29) is 5.78 Å². The van der Waals surface area contributed by atoms with Gasteiger partial charge in [0.15, 0.2) is 5.78 Å². The highest BCUT2D eigenvalue weighted by Crippen LogP contribution is 2.27. The minimum atomic E-state index is 0.126. The number of hydrogen-bond donors (Lipinski definition) is 0. The summed E-state index contributed by atoms with van der Waals surface area (Å²) in [5.41, 5.74) is 3.38. The van der Waals surface area contributed by atoms with E-state index in [1.807, 2.05) is 11.5 Å². The first-order valence-electron chi connectivity index (χ1n) is 5.36. The molecule has 0 atom stereocenters. The Balaban J connectivity index is 2.74. The maximum atomic E-state index is 11.8. The van der Waals surface area contributed by atoms with Crippen LogP contribution in [0.2, 0.25) is 0 Å². The molecule has 0 amide bonds. The number of rotatable bonds is 1. The molecule has 0 radical (unpaired) electrons. The van der Waals surface area contributed by atoms with Crippen LogP contribution in [-0.4, -0.2) is 10.4 Å². The van der Waals surface area contributed by atoms with Crippen LogP contribution < -0.4 is 0 Å². The van der Waals surface area contributed by atoms with Gasteiger partial charge >= 0.3 is 0 Å². The van der Waals surface area contributed by atoms with E-state index in [1.165, 1.54) is 0 Å². The third-order valence-corrected chi connectivity index (χ3v) is 3.14. The topological polar surface area (TPSA) is 45.8 Å². The Morgan fingerprint density at radius 2 is 2.27 bits per heavy atom. The molecular formula is C12H14N2O. The molecule has 1 aliphatic rings. The monoisotopic (exact) mass is 202 g/mol. The van der Waals surface area contributed by atoms with Crippen LogP contribution in [0.15, 0.2) is 0 Å². The van der Waals surface area contributed by atoms with Gasteiger partial charge in [0.25, 0.3) is 0 Å². The predicted octanol–water partition coefficient (Wildman–Crippen LogP) is 2.21. The second-order valence-corrected chi connectivity index (χ2v) is 3.94. The van der Waals surface area contributed by atoms with Crippen molar-refractivity contribution in [2.24, 2.45) is 0 Å². The first-order chi connectivity index (χ1) is 7.20. The van der Waals surface area contributed by atoms with Gasteiger partial charge in [0, 0.05) is 18.7 Å². The molecule has 15 heavy (non-hydrogen) atoms. The highest BCUT2D eigenvalue weighted by Gasteiger charge is 2.26. The number of Topliss-reactive ketones (excluding diaryl/α,β-unsaturated/α-hetero) is 1. The number of carbonyl (C=O) groups excluding carboxylic acids is 1. The molecule has 0 bridgehead atoms. The van der Waals surface area contributed by atoms with E-state index in [0.717, 1.165) is 30.6 Å². The molecule has 0 spiro atoms. The van der Waals surface area contributed by atoms with Crippen LogP contribution in [0.5, 0.6) is 0 Å². The number of ketones is 1. The average molecular weight is 202 g/mol. The zero-order valence-electron chi connectivity index (χ0n) is 9.13. The maximum absolute atomic E-state index is 11.8. The lowest BCUT2D eigenvalue weighted by Gasteiger charge is -2.16. The number of fused-ring (bicyclic) bond motifs is 1. The van der Waals surface area contributed by atoms with E-state index in [1.54, 1.807) is 0 Å². The molecule has 0 aromatic carbocycles. The SMILES string of the molecule is CCc1c(C)c(C#N)c2n1CCCC2=O. The van der Waals surface area contributed by atoms with Crippen LogP contribution in [0.1, 0.15) is 47.1 Å². The normalized spacial score (nSPS) is 14.9. The fourth-order valence-electron chi connectivity index (χ4n) is 2.44. The average Bonchev–Trinajstić information content (AvgIpc) is 2.51. The second-order valence-electron chi connectivity index (χ2n) is 3.94. The van der Waals surface area contributed by atoms with Gasteiger partial charge in [-0.3, -0.25) is 4.79 Å². The second kappa shape index (κ2) is 3.54. The smallest absolute Gasteiger partial charge is 0.180 e. The van der Waals surface area contributed by atoms with Crippen LogP contribution in [0, 0.1) is 18.3 Å². The molecule has 1 aromatic heterocycles. The number of carbonyl (C=O) groups is 1. The summed E-state index contributed by atoms with van der Waals surface area (Å²) in [5, 5.41) is 9.09. The molecular weight excluding hydrogens is 188 g/mol.